The molecule has 0 aromatic rings. The van der Waals surface area contributed by atoms with Gasteiger partial charge in [-0.3, -0.25) is 18.6 Å². The number of phosphoric ester groups is 1. The molecule has 0 aromatic heterocycles. The maximum absolute atomic E-state index is 12.8. The summed E-state index contributed by atoms with van der Waals surface area (Å²) in [6.45, 7) is 4.34. The second kappa shape index (κ2) is 57.9. The number of nitrogens with zero attached hydrogens (tertiary/aromatic N) is 1. The van der Waals surface area contributed by atoms with Gasteiger partial charge in [-0.25, -0.2) is 4.57 Å². The highest BCUT2D eigenvalue weighted by molar-refractivity contribution is 7.47. The molecule has 0 spiro atoms. The van der Waals surface area contributed by atoms with E-state index >= 15 is 0 Å². The Bertz CT molecular complexity index is 1580. The van der Waals surface area contributed by atoms with Gasteiger partial charge in [-0.15, -0.1) is 0 Å². The van der Waals surface area contributed by atoms with Crippen LogP contribution in [0.4, 0.5) is 0 Å². The van der Waals surface area contributed by atoms with Crippen molar-refractivity contribution in [3.63, 3.8) is 0 Å². The Balaban J connectivity index is 3.97. The van der Waals surface area contributed by atoms with Crippen LogP contribution in [0.15, 0.2) is 85.1 Å². The minimum atomic E-state index is -4.38. The molecule has 2 unspecified atom stereocenters. The van der Waals surface area contributed by atoms with Crippen molar-refractivity contribution in [2.45, 2.75) is 283 Å². The van der Waals surface area contributed by atoms with Crippen molar-refractivity contribution in [1.29, 1.82) is 0 Å². The molecular weight excluding hydrogens is 978 g/mol. The van der Waals surface area contributed by atoms with Gasteiger partial charge in [-0.2, -0.15) is 0 Å². The van der Waals surface area contributed by atoms with E-state index in [1.807, 2.05) is 21.1 Å². The Kier molecular flexibility index (Phi) is 55.8. The van der Waals surface area contributed by atoms with E-state index in [2.05, 4.69) is 98.9 Å². The number of ether oxygens (including phenoxy) is 2. The first kappa shape index (κ1) is 74.2. The Morgan fingerprint density at radius 1 is 0.416 bits per heavy atom. The quantitative estimate of drug-likeness (QED) is 0.0211. The molecule has 9 nitrogen and oxygen atoms in total. The summed E-state index contributed by atoms with van der Waals surface area (Å²) in [6.07, 6.45) is 78.2. The lowest BCUT2D eigenvalue weighted by molar-refractivity contribution is -0.870. The number of carbonyl (C=O) groups excluding carboxylic acids is 2. The molecule has 446 valence electrons. The van der Waals surface area contributed by atoms with Crippen LogP contribution in [0.2, 0.25) is 0 Å². The second-order valence-electron chi connectivity index (χ2n) is 22.4. The van der Waals surface area contributed by atoms with Crippen LogP contribution in [0.3, 0.4) is 0 Å². The third-order valence-electron chi connectivity index (χ3n) is 13.7. The Labute approximate surface area is 475 Å². The number of allylic oxidation sites excluding steroid dienone is 14. The molecule has 0 aliphatic carbocycles. The summed E-state index contributed by atoms with van der Waals surface area (Å²) in [5, 5.41) is 0. The summed E-state index contributed by atoms with van der Waals surface area (Å²) < 4.78 is 34.6. The molecule has 2 atom stereocenters. The zero-order valence-electron chi connectivity index (χ0n) is 50.7. The first-order chi connectivity index (χ1) is 37.5. The molecular formula is C67H121NO8P+. The maximum atomic E-state index is 12.8. The van der Waals surface area contributed by atoms with Crippen molar-refractivity contribution >= 4 is 19.8 Å². The third kappa shape index (κ3) is 62.3. The first-order valence-corrected chi connectivity index (χ1v) is 33.3. The van der Waals surface area contributed by atoms with Crippen molar-refractivity contribution in [2.75, 3.05) is 47.5 Å². The molecule has 0 fully saturated rings. The van der Waals surface area contributed by atoms with E-state index in [0.29, 0.717) is 23.9 Å². The number of phosphoric acid groups is 1. The summed E-state index contributed by atoms with van der Waals surface area (Å²) in [6, 6.07) is 0. The van der Waals surface area contributed by atoms with Crippen LogP contribution in [0, 0.1) is 0 Å². The fraction of sp³-hybridized carbons (Fsp3) is 0.761. The van der Waals surface area contributed by atoms with Crippen LogP contribution in [-0.2, 0) is 32.7 Å². The lowest BCUT2D eigenvalue weighted by Crippen LogP contribution is -2.37. The molecule has 0 amide bonds. The monoisotopic (exact) mass is 1100 g/mol. The Hall–Kier alpha value is -2.81. The largest absolute Gasteiger partial charge is 0.472 e. The predicted octanol–water partition coefficient (Wildman–Crippen LogP) is 20.2. The molecule has 1 N–H and O–H groups in total. The van der Waals surface area contributed by atoms with Crippen LogP contribution < -0.4 is 0 Å². The highest BCUT2D eigenvalue weighted by Crippen LogP contribution is 2.43. The molecule has 0 bridgehead atoms. The van der Waals surface area contributed by atoms with Crippen molar-refractivity contribution in [1.82, 2.24) is 0 Å². The minimum Gasteiger partial charge on any atom is -0.462 e. The number of carbonyl (C=O) groups is 2. The van der Waals surface area contributed by atoms with E-state index in [9.17, 15) is 19.0 Å². The van der Waals surface area contributed by atoms with Gasteiger partial charge in [-0.1, -0.05) is 279 Å². The third-order valence-corrected chi connectivity index (χ3v) is 14.7. The molecule has 0 aliphatic rings. The van der Waals surface area contributed by atoms with Crippen molar-refractivity contribution in [3.8, 4) is 0 Å². The van der Waals surface area contributed by atoms with Gasteiger partial charge in [0.25, 0.3) is 0 Å². The molecule has 77 heavy (non-hydrogen) atoms. The number of hydrogen-bond acceptors (Lipinski definition) is 7. The van der Waals surface area contributed by atoms with Crippen LogP contribution in [-0.4, -0.2) is 74.9 Å². The van der Waals surface area contributed by atoms with E-state index in [4.69, 9.17) is 18.5 Å². The summed E-state index contributed by atoms with van der Waals surface area (Å²) >= 11 is 0. The smallest absolute Gasteiger partial charge is 0.462 e. The van der Waals surface area contributed by atoms with Crippen LogP contribution in [0.25, 0.3) is 0 Å². The topological polar surface area (TPSA) is 108 Å². The predicted molar refractivity (Wildman–Crippen MR) is 330 cm³/mol. The van der Waals surface area contributed by atoms with Gasteiger partial charge in [0, 0.05) is 12.8 Å². The number of likely N-dealkylation sites (N-methyl/N-ethyl adjacent to an activating group) is 1. The van der Waals surface area contributed by atoms with E-state index < -0.39 is 26.5 Å². The molecule has 0 aliphatic heterocycles. The fourth-order valence-corrected chi connectivity index (χ4v) is 9.56. The molecule has 0 aromatic carbocycles. The molecule has 0 heterocycles. The number of hydrogen-bond donors (Lipinski definition) is 1. The minimum absolute atomic E-state index is 0.0320. The van der Waals surface area contributed by atoms with Gasteiger partial charge in [0.1, 0.15) is 19.8 Å². The van der Waals surface area contributed by atoms with Gasteiger partial charge in [0.15, 0.2) is 6.10 Å². The van der Waals surface area contributed by atoms with Crippen LogP contribution in [0.5, 0.6) is 0 Å². The molecule has 0 saturated carbocycles. The second-order valence-corrected chi connectivity index (χ2v) is 23.9. The fourth-order valence-electron chi connectivity index (χ4n) is 8.82. The van der Waals surface area contributed by atoms with Crippen molar-refractivity contribution in [2.24, 2.45) is 0 Å². The summed E-state index contributed by atoms with van der Waals surface area (Å²) in [5.41, 5.74) is 0. The van der Waals surface area contributed by atoms with Gasteiger partial charge in [0.2, 0.25) is 0 Å². The average Bonchev–Trinajstić information content (AvgIpc) is 3.39. The highest BCUT2D eigenvalue weighted by atomic mass is 31.2. The van der Waals surface area contributed by atoms with Gasteiger partial charge >= 0.3 is 19.8 Å². The summed E-state index contributed by atoms with van der Waals surface area (Å²) in [4.78, 5) is 35.7. The molecule has 0 radical (unpaired) electrons. The average molecular weight is 1100 g/mol. The first-order valence-electron chi connectivity index (χ1n) is 31.8. The van der Waals surface area contributed by atoms with E-state index in [0.717, 1.165) is 77.0 Å². The van der Waals surface area contributed by atoms with E-state index in [1.54, 1.807) is 0 Å². The lowest BCUT2D eigenvalue weighted by Gasteiger charge is -2.24. The number of esters is 2. The van der Waals surface area contributed by atoms with Crippen LogP contribution >= 0.6 is 7.82 Å². The zero-order chi connectivity index (χ0) is 56.3. The SMILES string of the molecule is CC/C=C\C/C=C\C/C=C\C/C=C\C/C=C\C/C=C\C/C=C\CCCCCCCCCCCCCCCCCCCC(=O)OC(COC(=O)CCCCCCCCCCCCCCCC)COP(=O)(O)OCC[N+](C)(C)C. The van der Waals surface area contributed by atoms with Gasteiger partial charge in [0.05, 0.1) is 27.7 Å². The van der Waals surface area contributed by atoms with Crippen molar-refractivity contribution < 1.29 is 42.1 Å². The molecule has 0 rings (SSSR count). The molecule has 10 heteroatoms. The maximum Gasteiger partial charge on any atom is 0.472 e. The number of quaternary nitrogens is 1. The van der Waals surface area contributed by atoms with E-state index in [-0.39, 0.29) is 25.6 Å². The number of unbranched alkanes of at least 4 members (excludes halogenated alkanes) is 30. The standard InChI is InChI=1S/C67H120NO8P/c1-6-8-10-12-14-16-18-20-22-23-24-25-26-27-28-29-30-31-32-33-34-35-36-37-38-39-40-41-42-43-44-45-46-48-50-52-54-56-58-60-67(70)76-65(64-75-77(71,72)74-62-61-68(3,4)5)63-73-66(69)59-57-55-53-51-49-47-21-19-17-15-13-11-9-7-2/h8,10,14,16,20,22,24-25,27-28,30-31,33-34,65H,6-7,9,11-13,15,17-19,21,23,26,29,32,35-64H2,1-5H3/p+1/b10-8-,16-14-,22-20-,25-24-,28-27-,31-30-,34-33-. The van der Waals surface area contributed by atoms with Gasteiger partial charge in [-0.05, 0) is 70.6 Å². The Morgan fingerprint density at radius 2 is 0.740 bits per heavy atom. The lowest BCUT2D eigenvalue weighted by atomic mass is 10.0. The van der Waals surface area contributed by atoms with Crippen molar-refractivity contribution in [3.05, 3.63) is 85.1 Å². The molecule has 0 saturated heterocycles. The van der Waals surface area contributed by atoms with Crippen LogP contribution in [0.1, 0.15) is 277 Å². The number of rotatable bonds is 58. The normalized spacial score (nSPS) is 13.8. The zero-order valence-corrected chi connectivity index (χ0v) is 51.6. The van der Waals surface area contributed by atoms with Gasteiger partial charge < -0.3 is 18.9 Å². The summed E-state index contributed by atoms with van der Waals surface area (Å²) in [5.74, 6) is -0.787. The highest BCUT2D eigenvalue weighted by Gasteiger charge is 2.27. The summed E-state index contributed by atoms with van der Waals surface area (Å²) in [7, 11) is 1.48. The van der Waals surface area contributed by atoms with E-state index in [1.165, 1.54) is 167 Å². The Morgan fingerprint density at radius 3 is 1.10 bits per heavy atom.